The van der Waals surface area contributed by atoms with E-state index >= 15 is 0 Å². The lowest BCUT2D eigenvalue weighted by molar-refractivity contribution is 0.477. The van der Waals surface area contributed by atoms with Gasteiger partial charge in [0, 0.05) is 7.05 Å². The zero-order chi connectivity index (χ0) is 13.3. The molecular formula is C9H11N5O3S. The first-order valence-electron chi connectivity index (χ1n) is 4.85. The number of sulfonamides is 1. The summed E-state index contributed by atoms with van der Waals surface area (Å²) in [6.07, 6.45) is 1.23. The van der Waals surface area contributed by atoms with Crippen LogP contribution in [-0.4, -0.2) is 28.3 Å². The molecule has 8 nitrogen and oxygen atoms in total. The summed E-state index contributed by atoms with van der Waals surface area (Å²) in [6, 6.07) is 3.61. The summed E-state index contributed by atoms with van der Waals surface area (Å²) < 4.78 is 27.5. The van der Waals surface area contributed by atoms with Crippen molar-refractivity contribution in [2.24, 2.45) is 7.05 Å². The average molecular weight is 269 g/mol. The Hall–Kier alpha value is -2.29. The van der Waals surface area contributed by atoms with Crippen molar-refractivity contribution >= 4 is 21.7 Å². The fraction of sp³-hybridized carbons (Fsp3) is 0.111. The Kier molecular flexibility index (Phi) is 2.83. The zero-order valence-corrected chi connectivity index (χ0v) is 10.2. The van der Waals surface area contributed by atoms with Crippen LogP contribution in [0.2, 0.25) is 0 Å². The van der Waals surface area contributed by atoms with Crippen molar-refractivity contribution in [3.05, 3.63) is 24.5 Å². The Balaban J connectivity index is 2.37. The highest BCUT2D eigenvalue weighted by Gasteiger charge is 2.17. The number of hydrogen-bond acceptors (Lipinski definition) is 6. The van der Waals surface area contributed by atoms with Crippen molar-refractivity contribution in [3.8, 4) is 5.75 Å². The summed E-state index contributed by atoms with van der Waals surface area (Å²) in [6.45, 7) is 0. The van der Waals surface area contributed by atoms with E-state index in [1.807, 2.05) is 0 Å². The van der Waals surface area contributed by atoms with Gasteiger partial charge in [-0.05, 0) is 18.2 Å². The number of nitrogens with zero attached hydrogens (tertiary/aromatic N) is 3. The van der Waals surface area contributed by atoms with Crippen molar-refractivity contribution < 1.29 is 13.5 Å². The van der Waals surface area contributed by atoms with Crippen LogP contribution in [-0.2, 0) is 17.1 Å². The number of rotatable bonds is 3. The summed E-state index contributed by atoms with van der Waals surface area (Å²) in [5.74, 6) is -0.0887. The Labute approximate surface area is 103 Å². The molecule has 0 spiro atoms. The van der Waals surface area contributed by atoms with Gasteiger partial charge in [0.1, 0.15) is 12.1 Å². The third kappa shape index (κ3) is 2.20. The normalized spacial score (nSPS) is 11.4. The number of aryl methyl sites for hydroxylation is 1. The number of nitrogens with two attached hydrogens (primary N) is 1. The van der Waals surface area contributed by atoms with Crippen LogP contribution < -0.4 is 10.5 Å². The molecule has 18 heavy (non-hydrogen) atoms. The van der Waals surface area contributed by atoms with E-state index < -0.39 is 10.0 Å². The summed E-state index contributed by atoms with van der Waals surface area (Å²) in [4.78, 5) is 3.68. The first-order chi connectivity index (χ1) is 8.40. The number of nitrogens with one attached hydrogen (secondary N) is 1. The smallest absolute Gasteiger partial charge is 0.264 e. The molecule has 9 heteroatoms. The van der Waals surface area contributed by atoms with Gasteiger partial charge < -0.3 is 10.8 Å². The molecule has 4 N–H and O–H groups in total. The van der Waals surface area contributed by atoms with Gasteiger partial charge in [0.25, 0.3) is 10.0 Å². The van der Waals surface area contributed by atoms with E-state index in [9.17, 15) is 13.5 Å². The topological polar surface area (TPSA) is 123 Å². The molecule has 96 valence electrons. The van der Waals surface area contributed by atoms with E-state index in [1.165, 1.54) is 23.1 Å². The van der Waals surface area contributed by atoms with Gasteiger partial charge in [-0.1, -0.05) is 0 Å². The third-order valence-corrected chi connectivity index (χ3v) is 3.57. The molecule has 0 saturated carbocycles. The number of benzene rings is 1. The molecular weight excluding hydrogens is 258 g/mol. The molecule has 0 amide bonds. The summed E-state index contributed by atoms with van der Waals surface area (Å²) in [5, 5.41) is 13.0. The van der Waals surface area contributed by atoms with Crippen LogP contribution >= 0.6 is 0 Å². The Morgan fingerprint density at radius 3 is 2.72 bits per heavy atom. The molecule has 0 atom stereocenters. The van der Waals surface area contributed by atoms with Gasteiger partial charge in [-0.15, -0.1) is 0 Å². The maximum atomic E-state index is 12.0. The Bertz CT molecular complexity index is 679. The van der Waals surface area contributed by atoms with Crippen LogP contribution in [0, 0.1) is 0 Å². The highest BCUT2D eigenvalue weighted by atomic mass is 32.2. The predicted molar refractivity (Wildman–Crippen MR) is 64.3 cm³/mol. The summed E-state index contributed by atoms with van der Waals surface area (Å²) >= 11 is 0. The molecule has 0 aliphatic rings. The van der Waals surface area contributed by atoms with Gasteiger partial charge in [0.15, 0.2) is 0 Å². The number of nitrogen functional groups attached to an aromatic ring is 1. The van der Waals surface area contributed by atoms with Crippen LogP contribution in [0.1, 0.15) is 0 Å². The average Bonchev–Trinajstić information content (AvgIpc) is 2.67. The van der Waals surface area contributed by atoms with Gasteiger partial charge >= 0.3 is 0 Å². The van der Waals surface area contributed by atoms with Gasteiger partial charge in [-0.3, -0.25) is 0 Å². The van der Waals surface area contributed by atoms with Crippen LogP contribution in [0.3, 0.4) is 0 Å². The van der Waals surface area contributed by atoms with E-state index in [-0.39, 0.29) is 22.3 Å². The minimum absolute atomic E-state index is 0.0177. The number of aromatic hydroxyl groups is 1. The molecule has 0 unspecified atom stereocenters. The van der Waals surface area contributed by atoms with Crippen LogP contribution in [0.5, 0.6) is 5.75 Å². The number of hydrogen-bond donors (Lipinski definition) is 3. The molecule has 0 bridgehead atoms. The van der Waals surface area contributed by atoms with E-state index in [4.69, 9.17) is 5.73 Å². The van der Waals surface area contributed by atoms with Gasteiger partial charge in [-0.2, -0.15) is 10.1 Å². The molecule has 2 rings (SSSR count). The van der Waals surface area contributed by atoms with Crippen LogP contribution in [0.15, 0.2) is 29.4 Å². The lowest BCUT2D eigenvalue weighted by Crippen LogP contribution is -2.16. The van der Waals surface area contributed by atoms with E-state index in [1.54, 1.807) is 7.05 Å². The molecule has 1 aromatic carbocycles. The highest BCUT2D eigenvalue weighted by molar-refractivity contribution is 7.92. The number of aromatic nitrogens is 3. The Morgan fingerprint density at radius 1 is 1.44 bits per heavy atom. The fourth-order valence-corrected chi connectivity index (χ4v) is 2.34. The SMILES string of the molecule is Cn1ncnc1NS(=O)(=O)c1ccc(O)c(N)c1. The molecule has 0 fully saturated rings. The minimum Gasteiger partial charge on any atom is -0.506 e. The van der Waals surface area contributed by atoms with Gasteiger partial charge in [0.2, 0.25) is 5.95 Å². The quantitative estimate of drug-likeness (QED) is 0.528. The van der Waals surface area contributed by atoms with Crippen molar-refractivity contribution in [1.82, 2.24) is 14.8 Å². The molecule has 0 aliphatic heterocycles. The molecule has 1 heterocycles. The number of anilines is 2. The predicted octanol–water partition coefficient (Wildman–Crippen LogP) is -0.0963. The molecule has 1 aromatic heterocycles. The van der Waals surface area contributed by atoms with E-state index in [0.717, 1.165) is 6.07 Å². The Morgan fingerprint density at radius 2 is 2.17 bits per heavy atom. The number of phenols is 1. The van der Waals surface area contributed by atoms with E-state index in [2.05, 4.69) is 14.8 Å². The lowest BCUT2D eigenvalue weighted by Gasteiger charge is -2.07. The first-order valence-corrected chi connectivity index (χ1v) is 6.34. The largest absolute Gasteiger partial charge is 0.506 e. The molecule has 0 aliphatic carbocycles. The van der Waals surface area contributed by atoms with Crippen molar-refractivity contribution in [3.63, 3.8) is 0 Å². The van der Waals surface area contributed by atoms with Crippen molar-refractivity contribution in [1.29, 1.82) is 0 Å². The maximum absolute atomic E-state index is 12.0. The second-order valence-corrected chi connectivity index (χ2v) is 5.22. The van der Waals surface area contributed by atoms with Gasteiger partial charge in [-0.25, -0.2) is 17.8 Å². The van der Waals surface area contributed by atoms with Crippen LogP contribution in [0.25, 0.3) is 0 Å². The highest BCUT2D eigenvalue weighted by Crippen LogP contribution is 2.24. The monoisotopic (exact) mass is 269 g/mol. The van der Waals surface area contributed by atoms with Crippen molar-refractivity contribution in [2.75, 3.05) is 10.5 Å². The zero-order valence-electron chi connectivity index (χ0n) is 9.40. The summed E-state index contributed by atoms with van der Waals surface area (Å²) in [7, 11) is -2.26. The second kappa shape index (κ2) is 4.18. The van der Waals surface area contributed by atoms with Gasteiger partial charge in [0.05, 0.1) is 10.6 Å². The minimum atomic E-state index is -3.81. The maximum Gasteiger partial charge on any atom is 0.264 e. The third-order valence-electron chi connectivity index (χ3n) is 2.25. The summed E-state index contributed by atoms with van der Waals surface area (Å²) in [5.41, 5.74) is 5.43. The number of phenolic OH excluding ortho intramolecular Hbond substituents is 1. The fourth-order valence-electron chi connectivity index (χ4n) is 1.27. The second-order valence-electron chi connectivity index (χ2n) is 3.53. The first kappa shape index (κ1) is 12.2. The molecule has 2 aromatic rings. The van der Waals surface area contributed by atoms with Crippen LogP contribution in [0.4, 0.5) is 11.6 Å². The van der Waals surface area contributed by atoms with E-state index in [0.29, 0.717) is 0 Å². The van der Waals surface area contributed by atoms with Crippen molar-refractivity contribution in [2.45, 2.75) is 4.90 Å². The molecule has 0 radical (unpaired) electrons. The standard InChI is InChI=1S/C9H11N5O3S/c1-14-9(11-5-12-14)13-18(16,17)6-2-3-8(15)7(10)4-6/h2-5,15H,10H2,1H3,(H,11,12,13). The lowest BCUT2D eigenvalue weighted by atomic mass is 10.3. The molecule has 0 saturated heterocycles.